The van der Waals surface area contributed by atoms with Crippen LogP contribution >= 0.6 is 0 Å². The van der Waals surface area contributed by atoms with E-state index in [1.165, 1.54) is 5.56 Å². The fourth-order valence-electron chi connectivity index (χ4n) is 2.62. The second-order valence-corrected chi connectivity index (χ2v) is 8.62. The normalized spacial score (nSPS) is 13.0. The van der Waals surface area contributed by atoms with E-state index in [4.69, 9.17) is 4.74 Å². The van der Waals surface area contributed by atoms with Crippen molar-refractivity contribution < 1.29 is 18.3 Å². The van der Waals surface area contributed by atoms with Gasteiger partial charge in [0, 0.05) is 24.8 Å². The molecule has 0 saturated carbocycles. The van der Waals surface area contributed by atoms with E-state index in [-0.39, 0.29) is 6.61 Å². The summed E-state index contributed by atoms with van der Waals surface area (Å²) in [4.78, 5) is 2.20. The van der Waals surface area contributed by atoms with Gasteiger partial charge in [0.1, 0.15) is 18.5 Å². The van der Waals surface area contributed by atoms with Crippen molar-refractivity contribution in [2.24, 2.45) is 0 Å². The topological polar surface area (TPSA) is 78.9 Å². The fraction of sp³-hybridized carbons (Fsp3) is 0.400. The van der Waals surface area contributed by atoms with E-state index in [2.05, 4.69) is 35.6 Å². The highest BCUT2D eigenvalue weighted by molar-refractivity contribution is 7.92. The van der Waals surface area contributed by atoms with E-state index >= 15 is 0 Å². The Morgan fingerprint density at radius 3 is 2.26 bits per heavy atom. The third kappa shape index (κ3) is 7.99. The molecular weight excluding hydrogens is 364 g/mol. The minimum atomic E-state index is -3.30. The lowest BCUT2D eigenvalue weighted by Gasteiger charge is -2.28. The average molecular weight is 393 g/mol. The molecule has 1 unspecified atom stereocenters. The molecule has 0 aliphatic rings. The number of aliphatic hydroxyl groups excluding tert-OH is 1. The minimum absolute atomic E-state index is 0.164. The molecule has 0 radical (unpaired) electrons. The largest absolute Gasteiger partial charge is 0.491 e. The molecule has 2 aromatic carbocycles. The van der Waals surface area contributed by atoms with E-state index < -0.39 is 16.1 Å². The van der Waals surface area contributed by atoms with Crippen LogP contribution in [0.5, 0.6) is 5.75 Å². The summed E-state index contributed by atoms with van der Waals surface area (Å²) in [6.45, 7) is 5.63. The molecule has 0 amide bonds. The molecule has 27 heavy (non-hydrogen) atoms. The number of benzene rings is 2. The first-order valence-corrected chi connectivity index (χ1v) is 10.8. The number of hydrogen-bond donors (Lipinski definition) is 2. The van der Waals surface area contributed by atoms with Crippen molar-refractivity contribution in [3.63, 3.8) is 0 Å². The van der Waals surface area contributed by atoms with Gasteiger partial charge in [0.05, 0.1) is 6.26 Å². The van der Waals surface area contributed by atoms with Gasteiger partial charge in [-0.3, -0.25) is 9.62 Å². The molecule has 2 aromatic rings. The van der Waals surface area contributed by atoms with Gasteiger partial charge in [-0.05, 0) is 43.7 Å². The third-order valence-corrected chi connectivity index (χ3v) is 4.61. The van der Waals surface area contributed by atoms with Crippen LogP contribution < -0.4 is 9.46 Å². The molecule has 0 spiro atoms. The van der Waals surface area contributed by atoms with Crippen LogP contribution in [0.3, 0.4) is 0 Å². The van der Waals surface area contributed by atoms with Crippen LogP contribution in [-0.2, 0) is 16.6 Å². The van der Waals surface area contributed by atoms with E-state index in [0.29, 0.717) is 24.0 Å². The smallest absolute Gasteiger partial charge is 0.229 e. The fourth-order valence-corrected chi connectivity index (χ4v) is 3.19. The van der Waals surface area contributed by atoms with Crippen molar-refractivity contribution in [1.29, 1.82) is 0 Å². The first-order valence-electron chi connectivity index (χ1n) is 8.89. The molecule has 0 heterocycles. The highest BCUT2D eigenvalue weighted by atomic mass is 32.2. The third-order valence-electron chi connectivity index (χ3n) is 4.00. The summed E-state index contributed by atoms with van der Waals surface area (Å²) in [6, 6.07) is 17.0. The lowest BCUT2D eigenvalue weighted by Crippen LogP contribution is -2.39. The summed E-state index contributed by atoms with van der Waals surface area (Å²) in [6.07, 6.45) is 0.467. The second-order valence-electron chi connectivity index (χ2n) is 6.87. The number of ether oxygens (including phenoxy) is 1. The SMILES string of the molecule is CC(C)N(Cc1ccccc1)CC(O)COc1ccc(NS(C)(=O)=O)cc1. The predicted molar refractivity (Wildman–Crippen MR) is 108 cm³/mol. The molecule has 1 atom stereocenters. The molecule has 0 aliphatic carbocycles. The molecule has 2 rings (SSSR count). The Balaban J connectivity index is 1.85. The van der Waals surface area contributed by atoms with Crippen LogP contribution in [0.25, 0.3) is 0 Å². The molecule has 0 saturated heterocycles. The van der Waals surface area contributed by atoms with Crippen LogP contribution in [0.1, 0.15) is 19.4 Å². The van der Waals surface area contributed by atoms with Crippen LogP contribution in [-0.4, -0.2) is 50.0 Å². The number of aliphatic hydroxyl groups is 1. The van der Waals surface area contributed by atoms with E-state index in [9.17, 15) is 13.5 Å². The first kappa shape index (κ1) is 21.2. The molecule has 6 nitrogen and oxygen atoms in total. The first-order chi connectivity index (χ1) is 12.7. The van der Waals surface area contributed by atoms with Gasteiger partial charge < -0.3 is 9.84 Å². The summed E-state index contributed by atoms with van der Waals surface area (Å²) in [7, 11) is -3.30. The number of nitrogens with one attached hydrogen (secondary N) is 1. The molecule has 0 bridgehead atoms. The number of anilines is 1. The maximum Gasteiger partial charge on any atom is 0.229 e. The van der Waals surface area contributed by atoms with Crippen LogP contribution in [0.4, 0.5) is 5.69 Å². The highest BCUT2D eigenvalue weighted by Gasteiger charge is 2.16. The van der Waals surface area contributed by atoms with Crippen molar-refractivity contribution in [3.05, 3.63) is 60.2 Å². The molecular formula is C20H28N2O4S. The van der Waals surface area contributed by atoms with Crippen molar-refractivity contribution >= 4 is 15.7 Å². The van der Waals surface area contributed by atoms with Gasteiger partial charge in [-0.1, -0.05) is 30.3 Å². The summed E-state index contributed by atoms with van der Waals surface area (Å²) >= 11 is 0. The zero-order valence-electron chi connectivity index (χ0n) is 16.0. The Labute approximate surface area is 161 Å². The van der Waals surface area contributed by atoms with Gasteiger partial charge in [-0.2, -0.15) is 0 Å². The zero-order chi connectivity index (χ0) is 19.9. The molecule has 0 fully saturated rings. The van der Waals surface area contributed by atoms with Crippen LogP contribution in [0.15, 0.2) is 54.6 Å². The Morgan fingerprint density at radius 2 is 1.70 bits per heavy atom. The number of sulfonamides is 1. The van der Waals surface area contributed by atoms with Crippen molar-refractivity contribution in [2.75, 3.05) is 24.1 Å². The van der Waals surface area contributed by atoms with E-state index in [1.807, 2.05) is 18.2 Å². The standard InChI is InChI=1S/C20H28N2O4S/c1-16(2)22(13-17-7-5-4-6-8-17)14-19(23)15-26-20-11-9-18(10-12-20)21-27(3,24)25/h4-12,16,19,21,23H,13-15H2,1-3H3. The van der Waals surface area contributed by atoms with E-state index in [1.54, 1.807) is 24.3 Å². The molecule has 0 aromatic heterocycles. The van der Waals surface area contributed by atoms with Gasteiger partial charge in [0.15, 0.2) is 0 Å². The molecule has 148 valence electrons. The molecule has 7 heteroatoms. The maximum atomic E-state index is 11.2. The van der Waals surface area contributed by atoms with Gasteiger partial charge in [0.25, 0.3) is 0 Å². The lowest BCUT2D eigenvalue weighted by atomic mass is 10.1. The lowest BCUT2D eigenvalue weighted by molar-refractivity contribution is 0.0543. The Hall–Kier alpha value is -2.09. The summed E-state index contributed by atoms with van der Waals surface area (Å²) in [5.41, 5.74) is 1.67. The van der Waals surface area contributed by atoms with Crippen molar-refractivity contribution in [1.82, 2.24) is 4.90 Å². The van der Waals surface area contributed by atoms with Gasteiger partial charge in [-0.15, -0.1) is 0 Å². The van der Waals surface area contributed by atoms with Crippen molar-refractivity contribution in [2.45, 2.75) is 32.5 Å². The van der Waals surface area contributed by atoms with Crippen LogP contribution in [0, 0.1) is 0 Å². The van der Waals surface area contributed by atoms with Crippen LogP contribution in [0.2, 0.25) is 0 Å². The van der Waals surface area contributed by atoms with Gasteiger partial charge in [-0.25, -0.2) is 8.42 Å². The molecule has 0 aliphatic heterocycles. The minimum Gasteiger partial charge on any atom is -0.491 e. The zero-order valence-corrected chi connectivity index (χ0v) is 16.8. The Kier molecular flexibility index (Phi) is 7.65. The molecule has 2 N–H and O–H groups in total. The summed E-state index contributed by atoms with van der Waals surface area (Å²) in [5.74, 6) is 0.576. The van der Waals surface area contributed by atoms with Crippen molar-refractivity contribution in [3.8, 4) is 5.75 Å². The predicted octanol–water partition coefficient (Wildman–Crippen LogP) is 2.71. The second kappa shape index (κ2) is 9.73. The maximum absolute atomic E-state index is 11.2. The summed E-state index contributed by atoms with van der Waals surface area (Å²) < 4.78 is 30.4. The Bertz CT molecular complexity index is 792. The number of rotatable bonds is 10. The van der Waals surface area contributed by atoms with E-state index in [0.717, 1.165) is 12.8 Å². The average Bonchev–Trinajstić information content (AvgIpc) is 2.60. The quantitative estimate of drug-likeness (QED) is 0.650. The van der Waals surface area contributed by atoms with Gasteiger partial charge >= 0.3 is 0 Å². The highest BCUT2D eigenvalue weighted by Crippen LogP contribution is 2.17. The number of nitrogens with zero attached hydrogens (tertiary/aromatic N) is 1. The van der Waals surface area contributed by atoms with Gasteiger partial charge in [0.2, 0.25) is 10.0 Å². The number of hydrogen-bond acceptors (Lipinski definition) is 5. The Morgan fingerprint density at radius 1 is 1.07 bits per heavy atom. The monoisotopic (exact) mass is 392 g/mol. The summed E-state index contributed by atoms with van der Waals surface area (Å²) in [5, 5.41) is 10.4.